The van der Waals surface area contributed by atoms with Crippen LogP contribution in [0.4, 0.5) is 0 Å². The number of benzene rings is 1. The highest BCUT2D eigenvalue weighted by Gasteiger charge is 2.19. The second kappa shape index (κ2) is 8.55. The summed E-state index contributed by atoms with van der Waals surface area (Å²) in [6.45, 7) is 13.7. The molecule has 1 atom stereocenters. The van der Waals surface area contributed by atoms with E-state index in [-0.39, 0.29) is 0 Å². The van der Waals surface area contributed by atoms with Crippen molar-refractivity contribution in [3.05, 3.63) is 35.9 Å². The Labute approximate surface area is 131 Å². The molecule has 0 aliphatic rings. The van der Waals surface area contributed by atoms with Crippen LogP contribution < -0.4 is 5.32 Å². The minimum absolute atomic E-state index is 0.336. The summed E-state index contributed by atoms with van der Waals surface area (Å²) in [5.74, 6) is 0. The summed E-state index contributed by atoms with van der Waals surface area (Å²) < 4.78 is 0. The molecule has 2 heteroatoms. The van der Waals surface area contributed by atoms with Crippen LogP contribution >= 0.6 is 0 Å². The Morgan fingerprint density at radius 3 is 2.24 bits per heavy atom. The van der Waals surface area contributed by atoms with Crippen molar-refractivity contribution in [1.82, 2.24) is 10.2 Å². The number of nitrogens with one attached hydrogen (secondary N) is 1. The van der Waals surface area contributed by atoms with Crippen LogP contribution in [-0.4, -0.2) is 31.1 Å². The molecule has 2 nitrogen and oxygen atoms in total. The van der Waals surface area contributed by atoms with Crippen molar-refractivity contribution >= 4 is 0 Å². The Morgan fingerprint density at radius 1 is 1.10 bits per heavy atom. The van der Waals surface area contributed by atoms with Crippen LogP contribution in [0, 0.1) is 5.41 Å². The van der Waals surface area contributed by atoms with Gasteiger partial charge in [0, 0.05) is 12.1 Å². The molecule has 0 saturated carbocycles. The normalized spacial score (nSPS) is 13.9. The molecule has 0 saturated heterocycles. The van der Waals surface area contributed by atoms with Gasteiger partial charge in [-0.15, -0.1) is 0 Å². The van der Waals surface area contributed by atoms with Crippen molar-refractivity contribution in [2.24, 2.45) is 5.41 Å². The van der Waals surface area contributed by atoms with Gasteiger partial charge in [-0.2, -0.15) is 0 Å². The summed E-state index contributed by atoms with van der Waals surface area (Å²) in [5.41, 5.74) is 1.74. The van der Waals surface area contributed by atoms with Gasteiger partial charge in [0.1, 0.15) is 0 Å². The second-order valence-electron chi connectivity index (χ2n) is 7.61. The van der Waals surface area contributed by atoms with E-state index in [4.69, 9.17) is 0 Å². The molecule has 0 aliphatic carbocycles. The van der Waals surface area contributed by atoms with Gasteiger partial charge in [-0.1, -0.05) is 51.1 Å². The number of nitrogens with zero attached hydrogens (tertiary/aromatic N) is 1. The zero-order chi connectivity index (χ0) is 15.9. The second-order valence-corrected chi connectivity index (χ2v) is 7.61. The van der Waals surface area contributed by atoms with Gasteiger partial charge in [0.25, 0.3) is 0 Å². The summed E-state index contributed by atoms with van der Waals surface area (Å²) in [6, 6.07) is 11.9. The molecule has 0 heterocycles. The first kappa shape index (κ1) is 18.2. The van der Waals surface area contributed by atoms with Gasteiger partial charge in [0.05, 0.1) is 0 Å². The Kier molecular flexibility index (Phi) is 7.41. The first-order valence-corrected chi connectivity index (χ1v) is 8.28. The van der Waals surface area contributed by atoms with Crippen LogP contribution in [0.1, 0.15) is 59.1 Å². The summed E-state index contributed by atoms with van der Waals surface area (Å²) >= 11 is 0. The van der Waals surface area contributed by atoms with Gasteiger partial charge in [-0.05, 0) is 57.8 Å². The molecule has 1 aromatic rings. The van der Waals surface area contributed by atoms with E-state index in [2.05, 4.69) is 82.2 Å². The van der Waals surface area contributed by atoms with Crippen molar-refractivity contribution in [2.75, 3.05) is 20.1 Å². The van der Waals surface area contributed by atoms with Crippen LogP contribution in [0.5, 0.6) is 0 Å². The monoisotopic (exact) mass is 290 g/mol. The van der Waals surface area contributed by atoms with E-state index < -0.39 is 0 Å². The average molecular weight is 290 g/mol. The van der Waals surface area contributed by atoms with Gasteiger partial charge in [0.2, 0.25) is 0 Å². The largest absolute Gasteiger partial charge is 0.310 e. The zero-order valence-electron chi connectivity index (χ0n) is 14.8. The third kappa shape index (κ3) is 7.63. The average Bonchev–Trinajstić information content (AvgIpc) is 2.41. The highest BCUT2D eigenvalue weighted by Crippen LogP contribution is 2.29. The molecule has 120 valence electrons. The highest BCUT2D eigenvalue weighted by atomic mass is 15.1. The summed E-state index contributed by atoms with van der Waals surface area (Å²) in [6.07, 6.45) is 2.36. The molecule has 1 N–H and O–H groups in total. The molecule has 1 aromatic carbocycles. The van der Waals surface area contributed by atoms with Gasteiger partial charge in [-0.25, -0.2) is 0 Å². The molecule has 0 radical (unpaired) electrons. The quantitative estimate of drug-likeness (QED) is 0.710. The lowest BCUT2D eigenvalue weighted by molar-refractivity contribution is 0.262. The molecule has 1 unspecified atom stereocenters. The molecule has 0 spiro atoms. The van der Waals surface area contributed by atoms with Crippen molar-refractivity contribution in [3.8, 4) is 0 Å². The maximum absolute atomic E-state index is 3.76. The third-order valence-corrected chi connectivity index (χ3v) is 3.98. The molecular formula is C19H34N2. The molecule has 0 fully saturated rings. The van der Waals surface area contributed by atoms with Crippen LogP contribution in [0.2, 0.25) is 0 Å². The van der Waals surface area contributed by atoms with Crippen LogP contribution in [-0.2, 0) is 0 Å². The number of hydrogen-bond acceptors (Lipinski definition) is 2. The van der Waals surface area contributed by atoms with E-state index in [9.17, 15) is 0 Å². The number of hydrogen-bond donors (Lipinski definition) is 1. The zero-order valence-corrected chi connectivity index (χ0v) is 14.8. The Morgan fingerprint density at radius 2 is 1.71 bits per heavy atom. The maximum Gasteiger partial charge on any atom is 0.0325 e. The molecule has 21 heavy (non-hydrogen) atoms. The van der Waals surface area contributed by atoms with E-state index in [0.29, 0.717) is 17.5 Å². The minimum Gasteiger partial charge on any atom is -0.310 e. The van der Waals surface area contributed by atoms with Gasteiger partial charge in [0.15, 0.2) is 0 Å². The van der Waals surface area contributed by atoms with Crippen molar-refractivity contribution in [3.63, 3.8) is 0 Å². The fourth-order valence-corrected chi connectivity index (χ4v) is 2.47. The molecule has 0 bridgehead atoms. The lowest BCUT2D eigenvalue weighted by Crippen LogP contribution is -2.31. The predicted molar refractivity (Wildman–Crippen MR) is 93.6 cm³/mol. The van der Waals surface area contributed by atoms with Crippen LogP contribution in [0.15, 0.2) is 30.3 Å². The van der Waals surface area contributed by atoms with E-state index in [1.54, 1.807) is 0 Å². The topological polar surface area (TPSA) is 15.3 Å². The summed E-state index contributed by atoms with van der Waals surface area (Å²) in [4.78, 5) is 2.41. The first-order chi connectivity index (χ1) is 9.79. The Hall–Kier alpha value is -0.860. The molecular weight excluding hydrogens is 256 g/mol. The van der Waals surface area contributed by atoms with Crippen molar-refractivity contribution in [2.45, 2.75) is 59.5 Å². The van der Waals surface area contributed by atoms with Crippen molar-refractivity contribution < 1.29 is 0 Å². The fraction of sp³-hybridized carbons (Fsp3) is 0.684. The Bertz CT molecular complexity index is 378. The standard InChI is InChI=1S/C19H34N2/c1-16(2)21(6)14-10-13-20-18(15-19(3,4)5)17-11-8-7-9-12-17/h7-9,11-12,16,18,20H,10,13-15H2,1-6H3. The maximum atomic E-state index is 3.76. The first-order valence-electron chi connectivity index (χ1n) is 8.28. The third-order valence-electron chi connectivity index (χ3n) is 3.98. The molecule has 0 aromatic heterocycles. The summed E-state index contributed by atoms with van der Waals surface area (Å²) in [5, 5.41) is 3.76. The van der Waals surface area contributed by atoms with E-state index in [1.807, 2.05) is 0 Å². The lowest BCUT2D eigenvalue weighted by atomic mass is 9.85. The van der Waals surface area contributed by atoms with Crippen LogP contribution in [0.3, 0.4) is 0 Å². The SMILES string of the molecule is CC(C)N(C)CCCNC(CC(C)(C)C)c1ccccc1. The molecule has 0 amide bonds. The van der Waals surface area contributed by atoms with E-state index in [1.165, 1.54) is 12.0 Å². The minimum atomic E-state index is 0.336. The molecule has 1 rings (SSSR count). The van der Waals surface area contributed by atoms with Crippen LogP contribution in [0.25, 0.3) is 0 Å². The Balaban J connectivity index is 2.51. The molecule has 0 aliphatic heterocycles. The van der Waals surface area contributed by atoms with Gasteiger partial charge in [-0.3, -0.25) is 0 Å². The van der Waals surface area contributed by atoms with Gasteiger partial charge >= 0.3 is 0 Å². The summed E-state index contributed by atoms with van der Waals surface area (Å²) in [7, 11) is 2.20. The highest BCUT2D eigenvalue weighted by molar-refractivity contribution is 5.19. The number of rotatable bonds is 8. The predicted octanol–water partition coefficient (Wildman–Crippen LogP) is 4.48. The fourth-order valence-electron chi connectivity index (χ4n) is 2.47. The lowest BCUT2D eigenvalue weighted by Gasteiger charge is -2.28. The van der Waals surface area contributed by atoms with E-state index in [0.717, 1.165) is 19.5 Å². The van der Waals surface area contributed by atoms with Gasteiger partial charge < -0.3 is 10.2 Å². The van der Waals surface area contributed by atoms with Crippen molar-refractivity contribution in [1.29, 1.82) is 0 Å². The smallest absolute Gasteiger partial charge is 0.0325 e. The van der Waals surface area contributed by atoms with E-state index >= 15 is 0 Å².